The topological polar surface area (TPSA) is 81.7 Å². The summed E-state index contributed by atoms with van der Waals surface area (Å²) in [6.45, 7) is 1.45. The summed E-state index contributed by atoms with van der Waals surface area (Å²) < 4.78 is 34.6. The van der Waals surface area contributed by atoms with Crippen LogP contribution in [0.4, 0.5) is 0 Å². The van der Waals surface area contributed by atoms with Crippen molar-refractivity contribution in [1.29, 1.82) is 0 Å². The first-order valence-corrected chi connectivity index (χ1v) is 9.80. The average molecular weight is 361 g/mol. The quantitative estimate of drug-likeness (QED) is 0.879. The van der Waals surface area contributed by atoms with E-state index in [-0.39, 0.29) is 10.5 Å². The third-order valence-corrected chi connectivity index (χ3v) is 4.99. The van der Waals surface area contributed by atoms with Crippen LogP contribution in [-0.4, -0.2) is 40.3 Å². The molecule has 1 aliphatic rings. The normalized spacial score (nSPS) is 13.3. The lowest BCUT2D eigenvalue weighted by molar-refractivity contribution is 0.0951. The van der Waals surface area contributed by atoms with E-state index in [2.05, 4.69) is 5.32 Å². The minimum absolute atomic E-state index is 0.0341. The van der Waals surface area contributed by atoms with Gasteiger partial charge in [0.05, 0.1) is 10.5 Å². The van der Waals surface area contributed by atoms with E-state index in [4.69, 9.17) is 9.47 Å². The van der Waals surface area contributed by atoms with E-state index in [1.54, 1.807) is 12.1 Å². The molecule has 0 radical (unpaired) electrons. The fourth-order valence-electron chi connectivity index (χ4n) is 2.64. The second kappa shape index (κ2) is 7.14. The summed E-state index contributed by atoms with van der Waals surface area (Å²) in [5, 5.41) is 2.76. The molecular weight excluding hydrogens is 342 g/mol. The van der Waals surface area contributed by atoms with Gasteiger partial charge in [-0.2, -0.15) is 0 Å². The number of hydrogen-bond acceptors (Lipinski definition) is 5. The first kappa shape index (κ1) is 17.3. The number of fused-ring (bicyclic) bond motifs is 1. The molecule has 7 heteroatoms. The molecule has 0 aromatic heterocycles. The number of amides is 1. The molecule has 3 rings (SSSR count). The number of benzene rings is 2. The molecule has 0 aliphatic carbocycles. The molecule has 6 nitrogen and oxygen atoms in total. The fraction of sp³-hybridized carbons (Fsp3) is 0.278. The molecule has 0 saturated carbocycles. The van der Waals surface area contributed by atoms with Gasteiger partial charge in [0.15, 0.2) is 21.3 Å². The average Bonchev–Trinajstić information content (AvgIpc) is 2.61. The maximum Gasteiger partial charge on any atom is 0.252 e. The third kappa shape index (κ3) is 4.11. The monoisotopic (exact) mass is 361 g/mol. The highest BCUT2D eigenvalue weighted by Gasteiger charge is 2.18. The van der Waals surface area contributed by atoms with Crippen molar-refractivity contribution in [2.45, 2.75) is 11.3 Å². The van der Waals surface area contributed by atoms with E-state index in [1.165, 1.54) is 12.1 Å². The van der Waals surface area contributed by atoms with Crippen LogP contribution in [0.15, 0.2) is 47.4 Å². The molecule has 0 atom stereocenters. The van der Waals surface area contributed by atoms with E-state index in [1.807, 2.05) is 18.2 Å². The second-order valence-electron chi connectivity index (χ2n) is 5.75. The number of hydrogen-bond donors (Lipinski definition) is 1. The van der Waals surface area contributed by atoms with Gasteiger partial charge in [-0.1, -0.05) is 18.2 Å². The van der Waals surface area contributed by atoms with Gasteiger partial charge in [-0.3, -0.25) is 4.79 Å². The Balaban J connectivity index is 1.64. The van der Waals surface area contributed by atoms with Gasteiger partial charge in [0.25, 0.3) is 5.91 Å². The number of nitrogens with one attached hydrogen (secondary N) is 1. The van der Waals surface area contributed by atoms with Crippen molar-refractivity contribution >= 4 is 15.7 Å². The Morgan fingerprint density at radius 3 is 2.56 bits per heavy atom. The van der Waals surface area contributed by atoms with Crippen LogP contribution in [0.3, 0.4) is 0 Å². The van der Waals surface area contributed by atoms with Gasteiger partial charge in [0, 0.05) is 12.8 Å². The molecule has 2 aromatic carbocycles. The van der Waals surface area contributed by atoms with Gasteiger partial charge in [0.2, 0.25) is 0 Å². The van der Waals surface area contributed by atoms with Crippen LogP contribution in [0.25, 0.3) is 0 Å². The van der Waals surface area contributed by atoms with Crippen LogP contribution in [0.1, 0.15) is 15.9 Å². The van der Waals surface area contributed by atoms with Gasteiger partial charge in [0.1, 0.15) is 13.2 Å². The standard InChI is InChI=1S/C18H19NO5S/c1-25(21,22)17-5-3-2-4-14(17)18(20)19-9-8-13-6-7-15-16(12-13)24-11-10-23-15/h2-7,12H,8-11H2,1H3,(H,19,20). The summed E-state index contributed by atoms with van der Waals surface area (Å²) in [6.07, 6.45) is 1.69. The van der Waals surface area contributed by atoms with Crippen LogP contribution in [0.2, 0.25) is 0 Å². The largest absolute Gasteiger partial charge is 0.486 e. The van der Waals surface area contributed by atoms with Crippen molar-refractivity contribution in [2.75, 3.05) is 26.0 Å². The highest BCUT2D eigenvalue weighted by molar-refractivity contribution is 7.90. The molecule has 2 aromatic rings. The first-order valence-electron chi connectivity index (χ1n) is 7.91. The second-order valence-corrected chi connectivity index (χ2v) is 7.74. The smallest absolute Gasteiger partial charge is 0.252 e. The Kier molecular flexibility index (Phi) is 4.94. The molecule has 132 valence electrons. The fourth-order valence-corrected chi connectivity index (χ4v) is 3.52. The van der Waals surface area contributed by atoms with E-state index >= 15 is 0 Å². The van der Waals surface area contributed by atoms with Crippen LogP contribution < -0.4 is 14.8 Å². The third-order valence-electron chi connectivity index (χ3n) is 3.84. The molecule has 1 heterocycles. The molecular formula is C18H19NO5S. The Hall–Kier alpha value is -2.54. The van der Waals surface area contributed by atoms with Crippen molar-refractivity contribution in [2.24, 2.45) is 0 Å². The summed E-state index contributed by atoms with van der Waals surface area (Å²) in [4.78, 5) is 12.3. The Morgan fingerprint density at radius 2 is 1.80 bits per heavy atom. The molecule has 1 amide bonds. The minimum Gasteiger partial charge on any atom is -0.486 e. The Labute approximate surface area is 146 Å². The zero-order valence-electron chi connectivity index (χ0n) is 13.8. The highest BCUT2D eigenvalue weighted by atomic mass is 32.2. The van der Waals surface area contributed by atoms with Crippen molar-refractivity contribution < 1.29 is 22.7 Å². The van der Waals surface area contributed by atoms with Gasteiger partial charge < -0.3 is 14.8 Å². The molecule has 25 heavy (non-hydrogen) atoms. The lowest BCUT2D eigenvalue weighted by Gasteiger charge is -2.18. The van der Waals surface area contributed by atoms with Crippen molar-refractivity contribution in [3.8, 4) is 11.5 Å². The van der Waals surface area contributed by atoms with Crippen LogP contribution >= 0.6 is 0 Å². The van der Waals surface area contributed by atoms with Gasteiger partial charge in [-0.15, -0.1) is 0 Å². The van der Waals surface area contributed by atoms with Gasteiger partial charge in [-0.25, -0.2) is 8.42 Å². The molecule has 0 unspecified atom stereocenters. The number of rotatable bonds is 5. The zero-order chi connectivity index (χ0) is 17.9. The summed E-state index contributed by atoms with van der Waals surface area (Å²) in [5.41, 5.74) is 1.16. The number of carbonyl (C=O) groups is 1. The summed E-state index contributed by atoms with van der Waals surface area (Å²) >= 11 is 0. The molecule has 0 saturated heterocycles. The van der Waals surface area contributed by atoms with Crippen LogP contribution in [0, 0.1) is 0 Å². The maximum atomic E-state index is 12.3. The predicted molar refractivity (Wildman–Crippen MR) is 93.0 cm³/mol. The van der Waals surface area contributed by atoms with E-state index in [0.717, 1.165) is 17.6 Å². The Morgan fingerprint density at radius 1 is 1.08 bits per heavy atom. The Bertz CT molecular complexity index is 892. The molecule has 0 spiro atoms. The first-order chi connectivity index (χ1) is 11.9. The van der Waals surface area contributed by atoms with Gasteiger partial charge >= 0.3 is 0 Å². The number of ether oxygens (including phenoxy) is 2. The van der Waals surface area contributed by atoms with E-state index in [0.29, 0.717) is 31.9 Å². The zero-order valence-corrected chi connectivity index (χ0v) is 14.6. The molecule has 1 N–H and O–H groups in total. The number of sulfone groups is 1. The highest BCUT2D eigenvalue weighted by Crippen LogP contribution is 2.30. The lowest BCUT2D eigenvalue weighted by atomic mass is 10.1. The van der Waals surface area contributed by atoms with E-state index < -0.39 is 15.7 Å². The van der Waals surface area contributed by atoms with Crippen molar-refractivity contribution in [1.82, 2.24) is 5.32 Å². The predicted octanol–water partition coefficient (Wildman–Crippen LogP) is 1.83. The molecule has 0 fully saturated rings. The van der Waals surface area contributed by atoms with Gasteiger partial charge in [-0.05, 0) is 36.2 Å². The molecule has 0 bridgehead atoms. The maximum absolute atomic E-state index is 12.3. The van der Waals surface area contributed by atoms with Crippen LogP contribution in [-0.2, 0) is 16.3 Å². The van der Waals surface area contributed by atoms with Crippen molar-refractivity contribution in [3.05, 3.63) is 53.6 Å². The number of carbonyl (C=O) groups excluding carboxylic acids is 1. The summed E-state index contributed by atoms with van der Waals surface area (Å²) in [7, 11) is -3.46. The van der Waals surface area contributed by atoms with Crippen LogP contribution in [0.5, 0.6) is 11.5 Å². The minimum atomic E-state index is -3.46. The molecule has 1 aliphatic heterocycles. The SMILES string of the molecule is CS(=O)(=O)c1ccccc1C(=O)NCCc1ccc2c(c1)OCCO2. The summed E-state index contributed by atoms with van der Waals surface area (Å²) in [5.74, 6) is 1.03. The van der Waals surface area contributed by atoms with Crippen molar-refractivity contribution in [3.63, 3.8) is 0 Å². The lowest BCUT2D eigenvalue weighted by Crippen LogP contribution is -2.27. The summed E-state index contributed by atoms with van der Waals surface area (Å²) in [6, 6.07) is 11.9. The van der Waals surface area contributed by atoms with E-state index in [9.17, 15) is 13.2 Å².